The third-order valence-corrected chi connectivity index (χ3v) is 5.67. The molecule has 0 unspecified atom stereocenters. The summed E-state index contributed by atoms with van der Waals surface area (Å²) in [5.74, 6) is 0.614. The number of morpholine rings is 1. The van der Waals surface area contributed by atoms with Gasteiger partial charge in [0.05, 0.1) is 18.3 Å². The van der Waals surface area contributed by atoms with Crippen LogP contribution in [0.1, 0.15) is 43.0 Å². The van der Waals surface area contributed by atoms with E-state index in [-0.39, 0.29) is 18.2 Å². The summed E-state index contributed by atoms with van der Waals surface area (Å²) < 4.78 is 5.98. The van der Waals surface area contributed by atoms with Crippen LogP contribution < -0.4 is 5.32 Å². The number of thiophene rings is 1. The first kappa shape index (κ1) is 15.1. The lowest BCUT2D eigenvalue weighted by Gasteiger charge is -2.36. The number of amides is 2. The molecule has 1 aliphatic heterocycles. The number of ether oxygens (including phenoxy) is 1. The summed E-state index contributed by atoms with van der Waals surface area (Å²) >= 11 is 3.16. The number of nitrogens with one attached hydrogen (secondary N) is 1. The van der Waals surface area contributed by atoms with Crippen LogP contribution >= 0.6 is 22.7 Å². The van der Waals surface area contributed by atoms with Gasteiger partial charge in [0.25, 0.3) is 0 Å². The molecular weight excluding hydrogens is 330 g/mol. The summed E-state index contributed by atoms with van der Waals surface area (Å²) in [6, 6.07) is 1.98. The van der Waals surface area contributed by atoms with E-state index >= 15 is 0 Å². The molecule has 1 saturated heterocycles. The molecule has 1 aliphatic carbocycles. The minimum atomic E-state index is -0.0860. The second kappa shape index (κ2) is 6.22. The Labute approximate surface area is 143 Å². The fourth-order valence-corrected chi connectivity index (χ4v) is 4.32. The van der Waals surface area contributed by atoms with E-state index in [2.05, 4.69) is 27.1 Å². The third-order valence-electron chi connectivity index (χ3n) is 4.19. The summed E-state index contributed by atoms with van der Waals surface area (Å²) in [6.45, 7) is 3.19. The van der Waals surface area contributed by atoms with Crippen molar-refractivity contribution in [3.8, 4) is 0 Å². The van der Waals surface area contributed by atoms with Crippen molar-refractivity contribution in [2.24, 2.45) is 0 Å². The first-order valence-electron chi connectivity index (χ1n) is 7.88. The zero-order valence-corrected chi connectivity index (χ0v) is 14.5. The van der Waals surface area contributed by atoms with Crippen molar-refractivity contribution in [1.82, 2.24) is 9.88 Å². The number of hydrogen-bond donors (Lipinski definition) is 1. The van der Waals surface area contributed by atoms with Crippen LogP contribution in [-0.4, -0.2) is 35.1 Å². The largest absolute Gasteiger partial charge is 0.367 e. The highest BCUT2D eigenvalue weighted by molar-refractivity contribution is 7.13. The number of hydrogen-bond acceptors (Lipinski definition) is 5. The average molecular weight is 349 g/mol. The van der Waals surface area contributed by atoms with Crippen molar-refractivity contribution >= 4 is 33.8 Å². The molecule has 2 atom stereocenters. The number of urea groups is 1. The lowest BCUT2D eigenvalue weighted by Crippen LogP contribution is -2.47. The molecule has 3 heterocycles. The molecule has 2 fully saturated rings. The van der Waals surface area contributed by atoms with Gasteiger partial charge in [0.15, 0.2) is 5.13 Å². The molecule has 1 N–H and O–H groups in total. The van der Waals surface area contributed by atoms with Gasteiger partial charge in [-0.2, -0.15) is 11.3 Å². The van der Waals surface area contributed by atoms with E-state index in [0.717, 1.165) is 11.3 Å². The van der Waals surface area contributed by atoms with Gasteiger partial charge in [0.2, 0.25) is 0 Å². The smallest absolute Gasteiger partial charge is 0.323 e. The Morgan fingerprint density at radius 1 is 1.39 bits per heavy atom. The van der Waals surface area contributed by atoms with E-state index in [0.29, 0.717) is 24.1 Å². The van der Waals surface area contributed by atoms with Crippen molar-refractivity contribution < 1.29 is 9.53 Å². The van der Waals surface area contributed by atoms with Gasteiger partial charge >= 0.3 is 6.03 Å². The maximum atomic E-state index is 12.6. The number of carbonyl (C=O) groups is 1. The van der Waals surface area contributed by atoms with E-state index in [1.54, 1.807) is 11.3 Å². The van der Waals surface area contributed by atoms with Crippen LogP contribution in [0.4, 0.5) is 9.93 Å². The lowest BCUT2D eigenvalue weighted by atomic mass is 10.1. The monoisotopic (exact) mass is 349 g/mol. The second-order valence-electron chi connectivity index (χ2n) is 6.18. The molecule has 23 heavy (non-hydrogen) atoms. The van der Waals surface area contributed by atoms with Gasteiger partial charge in [-0.15, -0.1) is 11.3 Å². The van der Waals surface area contributed by atoms with Gasteiger partial charge < -0.3 is 9.64 Å². The van der Waals surface area contributed by atoms with Crippen molar-refractivity contribution in [3.63, 3.8) is 0 Å². The van der Waals surface area contributed by atoms with E-state index in [9.17, 15) is 4.79 Å². The highest BCUT2D eigenvalue weighted by Gasteiger charge is 2.30. The van der Waals surface area contributed by atoms with Crippen LogP contribution in [0.2, 0.25) is 0 Å². The molecule has 2 amide bonds. The SMILES string of the molecule is C[C@H]1CN(C(=O)Nc2nc(C3CC3)cs2)C[C@H](c2ccsc2)O1. The molecular formula is C16H19N3O2S2. The molecule has 2 aliphatic rings. The van der Waals surface area contributed by atoms with Crippen molar-refractivity contribution in [1.29, 1.82) is 0 Å². The predicted octanol–water partition coefficient (Wildman–Crippen LogP) is 4.08. The Kier molecular flexibility index (Phi) is 4.09. The molecule has 0 spiro atoms. The van der Waals surface area contributed by atoms with Crippen LogP contribution in [0.3, 0.4) is 0 Å². The van der Waals surface area contributed by atoms with Crippen LogP contribution in [-0.2, 0) is 4.74 Å². The quantitative estimate of drug-likeness (QED) is 0.908. The fraction of sp³-hybridized carbons (Fsp3) is 0.500. The van der Waals surface area contributed by atoms with E-state index in [1.165, 1.54) is 24.2 Å². The van der Waals surface area contributed by atoms with Crippen molar-refractivity contribution in [2.75, 3.05) is 18.4 Å². The van der Waals surface area contributed by atoms with Crippen LogP contribution in [0.15, 0.2) is 22.2 Å². The van der Waals surface area contributed by atoms with E-state index in [4.69, 9.17) is 4.74 Å². The number of anilines is 1. The Balaban J connectivity index is 1.42. The normalized spacial score (nSPS) is 24.7. The number of nitrogens with zero attached hydrogens (tertiary/aromatic N) is 2. The van der Waals surface area contributed by atoms with Crippen molar-refractivity contribution in [2.45, 2.75) is 37.9 Å². The first-order chi connectivity index (χ1) is 11.2. The lowest BCUT2D eigenvalue weighted by molar-refractivity contribution is -0.0640. The molecule has 0 bridgehead atoms. The zero-order chi connectivity index (χ0) is 15.8. The number of rotatable bonds is 3. The fourth-order valence-electron chi connectivity index (χ4n) is 2.84. The van der Waals surface area contributed by atoms with E-state index in [1.807, 2.05) is 17.2 Å². The number of carbonyl (C=O) groups excluding carboxylic acids is 1. The molecule has 7 heteroatoms. The van der Waals surface area contributed by atoms with Crippen molar-refractivity contribution in [3.05, 3.63) is 33.5 Å². The Bertz CT molecular complexity index is 681. The molecule has 122 valence electrons. The highest BCUT2D eigenvalue weighted by atomic mass is 32.1. The van der Waals surface area contributed by atoms with Gasteiger partial charge in [-0.1, -0.05) is 0 Å². The van der Waals surface area contributed by atoms with Gasteiger partial charge in [-0.05, 0) is 42.2 Å². The Morgan fingerprint density at radius 2 is 2.26 bits per heavy atom. The molecule has 1 saturated carbocycles. The molecule has 0 radical (unpaired) electrons. The number of aromatic nitrogens is 1. The van der Waals surface area contributed by atoms with E-state index < -0.39 is 0 Å². The molecule has 2 aromatic heterocycles. The maximum absolute atomic E-state index is 12.6. The second-order valence-corrected chi connectivity index (χ2v) is 7.82. The topological polar surface area (TPSA) is 54.5 Å². The Hall–Kier alpha value is -1.44. The minimum Gasteiger partial charge on any atom is -0.367 e. The molecule has 5 nitrogen and oxygen atoms in total. The zero-order valence-electron chi connectivity index (χ0n) is 12.9. The summed E-state index contributed by atoms with van der Waals surface area (Å²) in [6.07, 6.45) is 2.42. The van der Waals surface area contributed by atoms with Gasteiger partial charge in [-0.3, -0.25) is 5.32 Å². The van der Waals surface area contributed by atoms with Gasteiger partial charge in [0, 0.05) is 17.8 Å². The first-order valence-corrected chi connectivity index (χ1v) is 9.70. The van der Waals surface area contributed by atoms with Crippen LogP contribution in [0.25, 0.3) is 0 Å². The van der Waals surface area contributed by atoms with Gasteiger partial charge in [-0.25, -0.2) is 9.78 Å². The maximum Gasteiger partial charge on any atom is 0.323 e. The predicted molar refractivity (Wildman–Crippen MR) is 92.3 cm³/mol. The summed E-state index contributed by atoms with van der Waals surface area (Å²) in [4.78, 5) is 18.9. The molecule has 2 aromatic rings. The van der Waals surface area contributed by atoms with Crippen LogP contribution in [0.5, 0.6) is 0 Å². The summed E-state index contributed by atoms with van der Waals surface area (Å²) in [7, 11) is 0. The summed E-state index contributed by atoms with van der Waals surface area (Å²) in [5.41, 5.74) is 2.27. The van der Waals surface area contributed by atoms with Gasteiger partial charge in [0.1, 0.15) is 6.10 Å². The molecule has 4 rings (SSSR count). The van der Waals surface area contributed by atoms with Crippen LogP contribution in [0, 0.1) is 0 Å². The highest BCUT2D eigenvalue weighted by Crippen LogP contribution is 2.41. The Morgan fingerprint density at radius 3 is 3.00 bits per heavy atom. The molecule has 0 aromatic carbocycles. The summed E-state index contributed by atoms with van der Waals surface area (Å²) in [5, 5.41) is 9.82. The minimum absolute atomic E-state index is 0.0257. The average Bonchev–Trinajstić information content (AvgIpc) is 3.05. The number of thiazole rings is 1. The standard InChI is InChI=1S/C16H19N3O2S2/c1-10-6-19(7-14(21-10)12-4-5-22-8-12)16(20)18-15-17-13(9-23-15)11-2-3-11/h4-5,8-11,14H,2-3,6-7H2,1H3,(H,17,18,20)/t10-,14+/m0/s1. The third kappa shape index (κ3) is 3.41.